The zero-order chi connectivity index (χ0) is 14.7. The fourth-order valence-corrected chi connectivity index (χ4v) is 1.39. The van der Waals surface area contributed by atoms with E-state index in [2.05, 4.69) is 10.3 Å². The number of rotatable bonds is 4. The van der Waals surface area contributed by atoms with Crippen molar-refractivity contribution in [3.63, 3.8) is 0 Å². The van der Waals surface area contributed by atoms with Gasteiger partial charge in [0.05, 0.1) is 13.1 Å². The molecule has 0 unspecified atom stereocenters. The molecule has 0 aliphatic carbocycles. The quantitative estimate of drug-likeness (QED) is 0.917. The van der Waals surface area contributed by atoms with Crippen LogP contribution in [0.4, 0.5) is 13.6 Å². The van der Waals surface area contributed by atoms with E-state index in [0.29, 0.717) is 5.82 Å². The van der Waals surface area contributed by atoms with Gasteiger partial charge in [0.15, 0.2) is 0 Å². The molecule has 0 aliphatic rings. The number of aryl methyl sites for hydroxylation is 1. The number of alkyl carbamates (subject to hydrolysis) is 1. The van der Waals surface area contributed by atoms with Crippen LogP contribution in [-0.2, 0) is 11.3 Å². The first-order valence-corrected chi connectivity index (χ1v) is 5.91. The molecule has 1 heterocycles. The fraction of sp³-hybridized carbons (Fsp3) is 0.667. The number of alkyl halides is 2. The van der Waals surface area contributed by atoms with Gasteiger partial charge in [0.1, 0.15) is 11.4 Å². The molecule has 0 bridgehead atoms. The molecular formula is C12H19F2N3O2. The van der Waals surface area contributed by atoms with Crippen LogP contribution >= 0.6 is 0 Å². The van der Waals surface area contributed by atoms with Gasteiger partial charge in [0, 0.05) is 12.4 Å². The summed E-state index contributed by atoms with van der Waals surface area (Å²) in [5.74, 6) is -2.57. The molecule has 108 valence electrons. The van der Waals surface area contributed by atoms with Crippen molar-refractivity contribution < 1.29 is 18.3 Å². The van der Waals surface area contributed by atoms with Crippen LogP contribution in [0.15, 0.2) is 12.4 Å². The van der Waals surface area contributed by atoms with Crippen LogP contribution in [0.2, 0.25) is 0 Å². The highest BCUT2D eigenvalue weighted by molar-refractivity contribution is 5.67. The van der Waals surface area contributed by atoms with Gasteiger partial charge in [-0.3, -0.25) is 0 Å². The van der Waals surface area contributed by atoms with Gasteiger partial charge in [-0.05, 0) is 27.7 Å². The van der Waals surface area contributed by atoms with Crippen molar-refractivity contribution >= 4 is 6.09 Å². The number of halogens is 2. The Hall–Kier alpha value is -1.66. The Balaban J connectivity index is 2.47. The van der Waals surface area contributed by atoms with E-state index in [1.54, 1.807) is 27.7 Å². The van der Waals surface area contributed by atoms with Crippen LogP contribution in [0.1, 0.15) is 26.6 Å². The van der Waals surface area contributed by atoms with E-state index >= 15 is 0 Å². The Bertz CT molecular complexity index is 438. The Morgan fingerprint density at radius 1 is 1.47 bits per heavy atom. The molecule has 0 atom stereocenters. The molecule has 0 spiro atoms. The maximum atomic E-state index is 13.6. The second-order valence-electron chi connectivity index (χ2n) is 5.31. The minimum atomic E-state index is -3.07. The van der Waals surface area contributed by atoms with Crippen LogP contribution in [0.25, 0.3) is 0 Å². The van der Waals surface area contributed by atoms with Crippen molar-refractivity contribution in [3.05, 3.63) is 18.2 Å². The van der Waals surface area contributed by atoms with E-state index in [-0.39, 0.29) is 0 Å². The average Bonchev–Trinajstić information content (AvgIpc) is 2.59. The van der Waals surface area contributed by atoms with Gasteiger partial charge in [0.2, 0.25) is 0 Å². The number of amides is 1. The summed E-state index contributed by atoms with van der Waals surface area (Å²) in [7, 11) is 0. The molecular weight excluding hydrogens is 256 g/mol. The summed E-state index contributed by atoms with van der Waals surface area (Å²) in [4.78, 5) is 15.2. The molecule has 0 radical (unpaired) electrons. The normalized spacial score (nSPS) is 12.3. The largest absolute Gasteiger partial charge is 0.444 e. The first-order valence-electron chi connectivity index (χ1n) is 5.91. The van der Waals surface area contributed by atoms with E-state index in [1.165, 1.54) is 17.0 Å². The van der Waals surface area contributed by atoms with Crippen molar-refractivity contribution in [2.24, 2.45) is 0 Å². The standard InChI is InChI=1S/C12H19F2N3O2/c1-9-15-5-6-17(9)8-12(13,14)7-16-10(18)19-11(2,3)4/h5-6H,7-8H2,1-4H3,(H,16,18). The van der Waals surface area contributed by atoms with Gasteiger partial charge in [-0.15, -0.1) is 0 Å². The molecule has 1 aromatic rings. The van der Waals surface area contributed by atoms with E-state index in [0.717, 1.165) is 0 Å². The van der Waals surface area contributed by atoms with E-state index < -0.39 is 30.7 Å². The molecule has 0 saturated heterocycles. The summed E-state index contributed by atoms with van der Waals surface area (Å²) < 4.78 is 33.5. The van der Waals surface area contributed by atoms with Crippen molar-refractivity contribution in [1.29, 1.82) is 0 Å². The Morgan fingerprint density at radius 3 is 2.58 bits per heavy atom. The second-order valence-corrected chi connectivity index (χ2v) is 5.31. The summed E-state index contributed by atoms with van der Waals surface area (Å²) in [6.07, 6.45) is 2.07. The number of aromatic nitrogens is 2. The molecule has 0 saturated carbocycles. The Morgan fingerprint density at radius 2 is 2.11 bits per heavy atom. The van der Waals surface area contributed by atoms with Crippen molar-refractivity contribution in [2.45, 2.75) is 45.8 Å². The van der Waals surface area contributed by atoms with Crippen molar-refractivity contribution in [2.75, 3.05) is 6.54 Å². The van der Waals surface area contributed by atoms with Gasteiger partial charge < -0.3 is 14.6 Å². The summed E-state index contributed by atoms with van der Waals surface area (Å²) in [6.45, 7) is 5.32. The minimum absolute atomic E-state index is 0.497. The third-order valence-corrected chi connectivity index (χ3v) is 2.22. The lowest BCUT2D eigenvalue weighted by Crippen LogP contribution is -2.41. The molecule has 19 heavy (non-hydrogen) atoms. The smallest absolute Gasteiger partial charge is 0.407 e. The molecule has 5 nitrogen and oxygen atoms in total. The molecule has 1 N–H and O–H groups in total. The van der Waals surface area contributed by atoms with Gasteiger partial charge >= 0.3 is 6.09 Å². The van der Waals surface area contributed by atoms with Crippen LogP contribution in [-0.4, -0.2) is 33.7 Å². The molecule has 0 aromatic carbocycles. The number of nitrogens with zero attached hydrogens (tertiary/aromatic N) is 2. The number of hydrogen-bond acceptors (Lipinski definition) is 3. The maximum absolute atomic E-state index is 13.6. The highest BCUT2D eigenvalue weighted by atomic mass is 19.3. The Labute approximate surface area is 111 Å². The van der Waals surface area contributed by atoms with Crippen molar-refractivity contribution in [3.8, 4) is 0 Å². The van der Waals surface area contributed by atoms with E-state index in [9.17, 15) is 13.6 Å². The summed E-state index contributed by atoms with van der Waals surface area (Å²) in [6, 6.07) is 0. The molecule has 7 heteroatoms. The third-order valence-electron chi connectivity index (χ3n) is 2.22. The monoisotopic (exact) mass is 275 g/mol. The van der Waals surface area contributed by atoms with Crippen LogP contribution in [0.3, 0.4) is 0 Å². The van der Waals surface area contributed by atoms with Crippen LogP contribution < -0.4 is 5.32 Å². The SMILES string of the molecule is Cc1nccn1CC(F)(F)CNC(=O)OC(C)(C)C. The summed E-state index contributed by atoms with van der Waals surface area (Å²) >= 11 is 0. The summed E-state index contributed by atoms with van der Waals surface area (Å²) in [5, 5.41) is 2.07. The van der Waals surface area contributed by atoms with Gasteiger partial charge in [-0.25, -0.2) is 18.6 Å². The first kappa shape index (κ1) is 15.4. The number of nitrogens with one attached hydrogen (secondary N) is 1. The van der Waals surface area contributed by atoms with E-state index in [1.807, 2.05) is 0 Å². The highest BCUT2D eigenvalue weighted by Gasteiger charge is 2.31. The van der Waals surface area contributed by atoms with Gasteiger partial charge in [0.25, 0.3) is 5.92 Å². The summed E-state index contributed by atoms with van der Waals surface area (Å²) in [5.41, 5.74) is -0.708. The molecule has 0 aliphatic heterocycles. The first-order chi connectivity index (χ1) is 8.59. The van der Waals surface area contributed by atoms with Gasteiger partial charge in [-0.2, -0.15) is 0 Å². The zero-order valence-corrected chi connectivity index (χ0v) is 11.5. The highest BCUT2D eigenvalue weighted by Crippen LogP contribution is 2.16. The number of carbonyl (C=O) groups is 1. The third kappa shape index (κ3) is 5.67. The number of ether oxygens (including phenoxy) is 1. The lowest BCUT2D eigenvalue weighted by Gasteiger charge is -2.22. The molecule has 1 aromatic heterocycles. The molecule has 1 rings (SSSR count). The number of carbonyl (C=O) groups excluding carboxylic acids is 1. The lowest BCUT2D eigenvalue weighted by molar-refractivity contribution is -0.0195. The second kappa shape index (κ2) is 5.54. The number of hydrogen-bond donors (Lipinski definition) is 1. The predicted molar refractivity (Wildman–Crippen MR) is 66.1 cm³/mol. The van der Waals surface area contributed by atoms with Crippen molar-refractivity contribution in [1.82, 2.24) is 14.9 Å². The average molecular weight is 275 g/mol. The topological polar surface area (TPSA) is 56.2 Å². The van der Waals surface area contributed by atoms with Crippen LogP contribution in [0, 0.1) is 6.92 Å². The molecule has 1 amide bonds. The minimum Gasteiger partial charge on any atom is -0.444 e. The lowest BCUT2D eigenvalue weighted by atomic mass is 10.2. The maximum Gasteiger partial charge on any atom is 0.407 e. The zero-order valence-electron chi connectivity index (χ0n) is 11.5. The number of imidazole rings is 1. The Kier molecular flexibility index (Phi) is 4.49. The van der Waals surface area contributed by atoms with Gasteiger partial charge in [-0.1, -0.05) is 0 Å². The fourth-order valence-electron chi connectivity index (χ4n) is 1.39. The predicted octanol–water partition coefficient (Wildman–Crippen LogP) is 2.35. The van der Waals surface area contributed by atoms with E-state index in [4.69, 9.17) is 4.74 Å². The molecule has 0 fully saturated rings. The van der Waals surface area contributed by atoms with Crippen LogP contribution in [0.5, 0.6) is 0 Å².